The van der Waals surface area contributed by atoms with Crippen LogP contribution in [-0.2, 0) is 6.42 Å². The van der Waals surface area contributed by atoms with Gasteiger partial charge in [-0.15, -0.1) is 0 Å². The molecule has 0 amide bonds. The molecular formula is C14H11F2NO. The van der Waals surface area contributed by atoms with Gasteiger partial charge in [0.2, 0.25) is 0 Å². The minimum absolute atomic E-state index is 0.0410. The summed E-state index contributed by atoms with van der Waals surface area (Å²) < 4.78 is 26.4. The van der Waals surface area contributed by atoms with E-state index in [0.717, 1.165) is 11.6 Å². The number of hydrogen-bond acceptors (Lipinski definition) is 2. The zero-order valence-electron chi connectivity index (χ0n) is 9.78. The minimum Gasteiger partial charge on any atom is -0.294 e. The van der Waals surface area contributed by atoms with Crippen molar-refractivity contribution in [1.29, 1.82) is 0 Å². The van der Waals surface area contributed by atoms with E-state index in [1.54, 1.807) is 12.3 Å². The van der Waals surface area contributed by atoms with E-state index < -0.39 is 17.4 Å². The van der Waals surface area contributed by atoms with Crippen molar-refractivity contribution in [2.45, 2.75) is 13.3 Å². The molecule has 0 aliphatic rings. The number of carbonyl (C=O) groups excluding carboxylic acids is 1. The number of halogens is 2. The maximum Gasteiger partial charge on any atom is 0.171 e. The monoisotopic (exact) mass is 247 g/mol. The van der Waals surface area contributed by atoms with Crippen molar-refractivity contribution < 1.29 is 13.6 Å². The molecule has 0 aliphatic heterocycles. The van der Waals surface area contributed by atoms with Crippen LogP contribution in [0.25, 0.3) is 0 Å². The third-order valence-electron chi connectivity index (χ3n) is 2.57. The number of rotatable bonds is 3. The SMILES string of the molecule is Cc1ccc(CC(=O)c2cccc(F)c2F)nc1. The molecule has 4 heteroatoms. The maximum atomic E-state index is 13.4. The van der Waals surface area contributed by atoms with E-state index in [1.165, 1.54) is 12.1 Å². The van der Waals surface area contributed by atoms with Crippen LogP contribution in [0.3, 0.4) is 0 Å². The number of aryl methyl sites for hydroxylation is 1. The molecule has 1 heterocycles. The second-order valence-corrected chi connectivity index (χ2v) is 4.03. The van der Waals surface area contributed by atoms with Crippen LogP contribution in [0.15, 0.2) is 36.5 Å². The molecule has 0 spiro atoms. The molecule has 0 N–H and O–H groups in total. The van der Waals surface area contributed by atoms with Crippen LogP contribution >= 0.6 is 0 Å². The van der Waals surface area contributed by atoms with Crippen molar-refractivity contribution in [3.05, 3.63) is 65.0 Å². The normalized spacial score (nSPS) is 10.4. The molecule has 0 fully saturated rings. The van der Waals surface area contributed by atoms with Gasteiger partial charge in [-0.05, 0) is 30.7 Å². The quantitative estimate of drug-likeness (QED) is 0.780. The first-order chi connectivity index (χ1) is 8.58. The van der Waals surface area contributed by atoms with Gasteiger partial charge in [0.15, 0.2) is 17.4 Å². The van der Waals surface area contributed by atoms with Crippen LogP contribution in [-0.4, -0.2) is 10.8 Å². The summed E-state index contributed by atoms with van der Waals surface area (Å²) in [7, 11) is 0. The molecule has 1 aromatic carbocycles. The van der Waals surface area contributed by atoms with Gasteiger partial charge in [0.05, 0.1) is 12.0 Å². The highest BCUT2D eigenvalue weighted by Gasteiger charge is 2.15. The summed E-state index contributed by atoms with van der Waals surface area (Å²) in [5, 5.41) is 0. The predicted molar refractivity (Wildman–Crippen MR) is 63.4 cm³/mol. The lowest BCUT2D eigenvalue weighted by Gasteiger charge is -2.03. The van der Waals surface area contributed by atoms with E-state index >= 15 is 0 Å². The lowest BCUT2D eigenvalue weighted by molar-refractivity contribution is 0.0987. The average molecular weight is 247 g/mol. The topological polar surface area (TPSA) is 30.0 Å². The molecule has 2 aromatic rings. The molecule has 18 heavy (non-hydrogen) atoms. The Morgan fingerprint density at radius 1 is 1.22 bits per heavy atom. The average Bonchev–Trinajstić information content (AvgIpc) is 2.35. The molecule has 2 nitrogen and oxygen atoms in total. The van der Waals surface area contributed by atoms with Crippen LogP contribution < -0.4 is 0 Å². The van der Waals surface area contributed by atoms with Gasteiger partial charge in [0.1, 0.15) is 0 Å². The number of carbonyl (C=O) groups is 1. The number of benzene rings is 1. The first-order valence-electron chi connectivity index (χ1n) is 5.46. The number of Topliss-reactive ketones (excluding diaryl/α,β-unsaturated/α-hetero) is 1. The fourth-order valence-corrected chi connectivity index (χ4v) is 1.58. The van der Waals surface area contributed by atoms with Crippen molar-refractivity contribution in [2.24, 2.45) is 0 Å². The summed E-state index contributed by atoms with van der Waals surface area (Å²) in [4.78, 5) is 15.9. The van der Waals surface area contributed by atoms with E-state index in [4.69, 9.17) is 0 Å². The van der Waals surface area contributed by atoms with Crippen molar-refractivity contribution in [2.75, 3.05) is 0 Å². The zero-order chi connectivity index (χ0) is 13.1. The Morgan fingerprint density at radius 2 is 2.00 bits per heavy atom. The van der Waals surface area contributed by atoms with Gasteiger partial charge in [-0.25, -0.2) is 8.78 Å². The molecule has 92 valence electrons. The zero-order valence-corrected chi connectivity index (χ0v) is 9.78. The van der Waals surface area contributed by atoms with Gasteiger partial charge in [0, 0.05) is 11.9 Å². The van der Waals surface area contributed by atoms with Crippen molar-refractivity contribution >= 4 is 5.78 Å². The molecular weight excluding hydrogens is 236 g/mol. The number of hydrogen-bond donors (Lipinski definition) is 0. The first kappa shape index (κ1) is 12.4. The Kier molecular flexibility index (Phi) is 3.46. The van der Waals surface area contributed by atoms with Gasteiger partial charge in [-0.3, -0.25) is 9.78 Å². The van der Waals surface area contributed by atoms with E-state index in [0.29, 0.717) is 5.69 Å². The molecule has 1 aromatic heterocycles. The van der Waals surface area contributed by atoms with Gasteiger partial charge in [-0.2, -0.15) is 0 Å². The molecule has 0 bridgehead atoms. The number of ketones is 1. The fraction of sp³-hybridized carbons (Fsp3) is 0.143. The van der Waals surface area contributed by atoms with E-state index in [9.17, 15) is 13.6 Å². The molecule has 0 unspecified atom stereocenters. The van der Waals surface area contributed by atoms with Crippen LogP contribution in [0.2, 0.25) is 0 Å². The second kappa shape index (κ2) is 5.04. The van der Waals surface area contributed by atoms with Crippen molar-refractivity contribution in [1.82, 2.24) is 4.98 Å². The summed E-state index contributed by atoms with van der Waals surface area (Å²) >= 11 is 0. The number of aromatic nitrogens is 1. The molecule has 0 atom stereocenters. The predicted octanol–water partition coefficient (Wildman–Crippen LogP) is 3.09. The fourth-order valence-electron chi connectivity index (χ4n) is 1.58. The van der Waals surface area contributed by atoms with E-state index in [-0.39, 0.29) is 12.0 Å². The van der Waals surface area contributed by atoms with E-state index in [2.05, 4.69) is 4.98 Å². The van der Waals surface area contributed by atoms with Crippen LogP contribution in [0, 0.1) is 18.6 Å². The highest BCUT2D eigenvalue weighted by molar-refractivity contribution is 5.97. The Labute approximate surface area is 103 Å². The van der Waals surface area contributed by atoms with Gasteiger partial charge in [0.25, 0.3) is 0 Å². The second-order valence-electron chi connectivity index (χ2n) is 4.03. The Morgan fingerprint density at radius 3 is 2.67 bits per heavy atom. The maximum absolute atomic E-state index is 13.4. The van der Waals surface area contributed by atoms with Gasteiger partial charge >= 0.3 is 0 Å². The first-order valence-corrected chi connectivity index (χ1v) is 5.46. The summed E-state index contributed by atoms with van der Waals surface area (Å²) in [6.45, 7) is 1.88. The Bertz CT molecular complexity index is 579. The van der Waals surface area contributed by atoms with E-state index in [1.807, 2.05) is 13.0 Å². The highest BCUT2D eigenvalue weighted by Crippen LogP contribution is 2.14. The minimum atomic E-state index is -1.10. The Hall–Kier alpha value is -2.10. The number of pyridine rings is 1. The Balaban J connectivity index is 2.22. The van der Waals surface area contributed by atoms with Gasteiger partial charge in [-0.1, -0.05) is 12.1 Å². The molecule has 0 saturated carbocycles. The summed E-state index contributed by atoms with van der Waals surface area (Å²) in [5.41, 5.74) is 1.27. The smallest absolute Gasteiger partial charge is 0.171 e. The van der Waals surface area contributed by atoms with Crippen LogP contribution in [0.4, 0.5) is 8.78 Å². The molecule has 0 saturated heterocycles. The third-order valence-corrected chi connectivity index (χ3v) is 2.57. The lowest BCUT2D eigenvalue weighted by Crippen LogP contribution is -2.08. The van der Waals surface area contributed by atoms with Gasteiger partial charge < -0.3 is 0 Å². The largest absolute Gasteiger partial charge is 0.294 e. The standard InChI is InChI=1S/C14H11F2NO/c1-9-5-6-10(17-8-9)7-13(18)11-3-2-4-12(15)14(11)16/h2-6,8H,7H2,1H3. The highest BCUT2D eigenvalue weighted by atomic mass is 19.2. The summed E-state index contributed by atoms with van der Waals surface area (Å²) in [6, 6.07) is 7.08. The van der Waals surface area contributed by atoms with Crippen LogP contribution in [0.5, 0.6) is 0 Å². The third kappa shape index (κ3) is 2.59. The van der Waals surface area contributed by atoms with Crippen molar-refractivity contribution in [3.8, 4) is 0 Å². The summed E-state index contributed by atoms with van der Waals surface area (Å²) in [6.07, 6.45) is 1.59. The van der Waals surface area contributed by atoms with Crippen LogP contribution in [0.1, 0.15) is 21.6 Å². The van der Waals surface area contributed by atoms with Crippen molar-refractivity contribution in [3.63, 3.8) is 0 Å². The molecule has 0 aliphatic carbocycles. The lowest BCUT2D eigenvalue weighted by atomic mass is 10.1. The molecule has 2 rings (SSSR count). The summed E-state index contributed by atoms with van der Waals surface area (Å²) in [5.74, 6) is -2.60. The number of nitrogens with zero attached hydrogens (tertiary/aromatic N) is 1. The molecule has 0 radical (unpaired) electrons.